The van der Waals surface area contributed by atoms with Crippen LogP contribution in [0.5, 0.6) is 0 Å². The fourth-order valence-electron chi connectivity index (χ4n) is 2.38. The van der Waals surface area contributed by atoms with Crippen LogP contribution >= 0.6 is 11.6 Å². The van der Waals surface area contributed by atoms with Gasteiger partial charge in [-0.2, -0.15) is 0 Å². The van der Waals surface area contributed by atoms with Crippen molar-refractivity contribution in [3.05, 3.63) is 76.4 Å². The van der Waals surface area contributed by atoms with Gasteiger partial charge in [-0.3, -0.25) is 4.79 Å². The summed E-state index contributed by atoms with van der Waals surface area (Å²) in [5.74, 6) is -1.14. The lowest BCUT2D eigenvalue weighted by Gasteiger charge is -2.08. The third-order valence-electron chi connectivity index (χ3n) is 3.62. The number of rotatable bonds is 4. The summed E-state index contributed by atoms with van der Waals surface area (Å²) in [6.45, 7) is 0.261. The van der Waals surface area contributed by atoms with Gasteiger partial charge >= 0.3 is 0 Å². The number of nitrogens with zero attached hydrogens (tertiary/aromatic N) is 1. The SMILES string of the molecule is O=C(NCCc1ccccc1F)c1cc2ccc(F)cc2nc1Cl. The van der Waals surface area contributed by atoms with Crippen molar-refractivity contribution in [3.63, 3.8) is 0 Å². The molecule has 3 nitrogen and oxygen atoms in total. The summed E-state index contributed by atoms with van der Waals surface area (Å²) in [5.41, 5.74) is 1.10. The number of carbonyl (C=O) groups excluding carboxylic acids is 1. The number of nitrogens with one attached hydrogen (secondary N) is 1. The summed E-state index contributed by atoms with van der Waals surface area (Å²) in [6.07, 6.45) is 0.363. The summed E-state index contributed by atoms with van der Waals surface area (Å²) in [4.78, 5) is 16.3. The van der Waals surface area contributed by atoms with Gasteiger partial charge in [-0.25, -0.2) is 13.8 Å². The third kappa shape index (κ3) is 3.51. The topological polar surface area (TPSA) is 42.0 Å². The Morgan fingerprint density at radius 1 is 1.12 bits per heavy atom. The highest BCUT2D eigenvalue weighted by Crippen LogP contribution is 2.21. The monoisotopic (exact) mass is 346 g/mol. The molecule has 1 aromatic heterocycles. The van der Waals surface area contributed by atoms with Crippen LogP contribution in [-0.2, 0) is 6.42 Å². The minimum atomic E-state index is -0.423. The van der Waals surface area contributed by atoms with Crippen LogP contribution in [0.4, 0.5) is 8.78 Å². The maximum Gasteiger partial charge on any atom is 0.254 e. The summed E-state index contributed by atoms with van der Waals surface area (Å²) in [7, 11) is 0. The lowest BCUT2D eigenvalue weighted by Crippen LogP contribution is -2.26. The van der Waals surface area contributed by atoms with Crippen LogP contribution in [0.2, 0.25) is 5.15 Å². The fraction of sp³-hybridized carbons (Fsp3) is 0.111. The molecule has 0 saturated heterocycles. The molecule has 6 heteroatoms. The number of amides is 1. The van der Waals surface area contributed by atoms with Crippen molar-refractivity contribution in [2.45, 2.75) is 6.42 Å². The van der Waals surface area contributed by atoms with Crippen LogP contribution in [0.15, 0.2) is 48.5 Å². The zero-order valence-corrected chi connectivity index (χ0v) is 13.3. The molecule has 0 spiro atoms. The van der Waals surface area contributed by atoms with Crippen LogP contribution in [0.3, 0.4) is 0 Å². The average molecular weight is 347 g/mol. The lowest BCUT2D eigenvalue weighted by atomic mass is 10.1. The second kappa shape index (κ2) is 6.93. The van der Waals surface area contributed by atoms with E-state index in [0.717, 1.165) is 0 Å². The van der Waals surface area contributed by atoms with E-state index < -0.39 is 11.7 Å². The minimum Gasteiger partial charge on any atom is -0.352 e. The molecule has 0 atom stereocenters. The van der Waals surface area contributed by atoms with Gasteiger partial charge in [0.05, 0.1) is 11.1 Å². The van der Waals surface area contributed by atoms with Crippen molar-refractivity contribution in [2.24, 2.45) is 0 Å². The Morgan fingerprint density at radius 2 is 1.92 bits per heavy atom. The summed E-state index contributed by atoms with van der Waals surface area (Å²) >= 11 is 6.02. The Bertz CT molecular complexity index is 915. The molecule has 3 aromatic rings. The Hall–Kier alpha value is -2.53. The normalized spacial score (nSPS) is 10.8. The maximum absolute atomic E-state index is 13.5. The Kier molecular flexibility index (Phi) is 4.71. The molecule has 24 heavy (non-hydrogen) atoms. The second-order valence-electron chi connectivity index (χ2n) is 5.26. The molecule has 1 amide bonds. The highest BCUT2D eigenvalue weighted by molar-refractivity contribution is 6.33. The van der Waals surface area contributed by atoms with Crippen LogP contribution in [0.1, 0.15) is 15.9 Å². The number of benzene rings is 2. The van der Waals surface area contributed by atoms with E-state index in [2.05, 4.69) is 10.3 Å². The van der Waals surface area contributed by atoms with E-state index in [1.54, 1.807) is 24.3 Å². The van der Waals surface area contributed by atoms with Gasteiger partial charge in [0.1, 0.15) is 16.8 Å². The summed E-state index contributed by atoms with van der Waals surface area (Å²) < 4.78 is 26.7. The molecule has 2 aromatic carbocycles. The molecular formula is C18H13ClF2N2O. The molecular weight excluding hydrogens is 334 g/mol. The van der Waals surface area contributed by atoms with Crippen molar-refractivity contribution < 1.29 is 13.6 Å². The average Bonchev–Trinajstić information content (AvgIpc) is 2.55. The third-order valence-corrected chi connectivity index (χ3v) is 3.90. The standard InChI is InChI=1S/C18H13ClF2N2O/c19-17-14(9-12-5-6-13(20)10-16(12)23-17)18(24)22-8-7-11-3-1-2-4-15(11)21/h1-6,9-10H,7-8H2,(H,22,24). The van der Waals surface area contributed by atoms with Crippen molar-refractivity contribution in [1.82, 2.24) is 10.3 Å². The van der Waals surface area contributed by atoms with Gasteiger partial charge in [0.2, 0.25) is 0 Å². The molecule has 0 bridgehead atoms. The van der Waals surface area contributed by atoms with Crippen LogP contribution in [0, 0.1) is 11.6 Å². The molecule has 0 fully saturated rings. The number of fused-ring (bicyclic) bond motifs is 1. The predicted molar refractivity (Wildman–Crippen MR) is 89.1 cm³/mol. The molecule has 0 radical (unpaired) electrons. The van der Waals surface area contributed by atoms with E-state index in [-0.39, 0.29) is 23.1 Å². The number of hydrogen-bond acceptors (Lipinski definition) is 2. The number of pyridine rings is 1. The molecule has 0 aliphatic carbocycles. The fourth-order valence-corrected chi connectivity index (χ4v) is 2.61. The van der Waals surface area contributed by atoms with E-state index in [9.17, 15) is 13.6 Å². The first-order valence-electron chi connectivity index (χ1n) is 7.32. The largest absolute Gasteiger partial charge is 0.352 e. The molecule has 3 rings (SSSR count). The molecule has 1 N–H and O–H groups in total. The number of hydrogen-bond donors (Lipinski definition) is 1. The quantitative estimate of drug-likeness (QED) is 0.721. The van der Waals surface area contributed by atoms with E-state index in [0.29, 0.717) is 22.9 Å². The highest BCUT2D eigenvalue weighted by Gasteiger charge is 2.13. The Balaban J connectivity index is 1.73. The molecule has 0 unspecified atom stereocenters. The summed E-state index contributed by atoms with van der Waals surface area (Å²) in [6, 6.07) is 12.0. The molecule has 1 heterocycles. The van der Waals surface area contributed by atoms with Gasteiger partial charge in [0.15, 0.2) is 0 Å². The highest BCUT2D eigenvalue weighted by atomic mass is 35.5. The summed E-state index contributed by atoms with van der Waals surface area (Å²) in [5, 5.41) is 3.30. The Labute approximate surface area is 142 Å². The van der Waals surface area contributed by atoms with E-state index in [4.69, 9.17) is 11.6 Å². The smallest absolute Gasteiger partial charge is 0.254 e. The van der Waals surface area contributed by atoms with E-state index in [1.165, 1.54) is 24.3 Å². The number of aromatic nitrogens is 1. The van der Waals surface area contributed by atoms with Crippen LogP contribution in [0.25, 0.3) is 10.9 Å². The predicted octanol–water partition coefficient (Wildman–Crippen LogP) is 4.14. The number of halogens is 3. The lowest BCUT2D eigenvalue weighted by molar-refractivity contribution is 0.0954. The van der Waals surface area contributed by atoms with Gasteiger partial charge < -0.3 is 5.32 Å². The molecule has 122 valence electrons. The zero-order valence-electron chi connectivity index (χ0n) is 12.5. The van der Waals surface area contributed by atoms with Crippen LogP contribution in [-0.4, -0.2) is 17.4 Å². The zero-order chi connectivity index (χ0) is 17.1. The van der Waals surface area contributed by atoms with Gasteiger partial charge in [-0.1, -0.05) is 29.8 Å². The van der Waals surface area contributed by atoms with Crippen molar-refractivity contribution in [2.75, 3.05) is 6.54 Å². The molecule has 0 aliphatic heterocycles. The first-order chi connectivity index (χ1) is 11.5. The maximum atomic E-state index is 13.5. The van der Waals surface area contributed by atoms with Gasteiger partial charge in [-0.05, 0) is 36.2 Å². The first-order valence-corrected chi connectivity index (χ1v) is 7.70. The van der Waals surface area contributed by atoms with Crippen molar-refractivity contribution >= 4 is 28.4 Å². The van der Waals surface area contributed by atoms with Crippen molar-refractivity contribution in [3.8, 4) is 0 Å². The van der Waals surface area contributed by atoms with E-state index >= 15 is 0 Å². The second-order valence-corrected chi connectivity index (χ2v) is 5.62. The molecule has 0 saturated carbocycles. The Morgan fingerprint density at radius 3 is 2.71 bits per heavy atom. The van der Waals surface area contributed by atoms with E-state index in [1.807, 2.05) is 0 Å². The van der Waals surface area contributed by atoms with Gasteiger partial charge in [-0.15, -0.1) is 0 Å². The number of carbonyl (C=O) groups is 1. The van der Waals surface area contributed by atoms with Gasteiger partial charge in [0, 0.05) is 18.0 Å². The van der Waals surface area contributed by atoms with Crippen molar-refractivity contribution in [1.29, 1.82) is 0 Å². The molecule has 0 aliphatic rings. The minimum absolute atomic E-state index is 0.00325. The van der Waals surface area contributed by atoms with Gasteiger partial charge in [0.25, 0.3) is 5.91 Å². The first kappa shape index (κ1) is 16.3. The van der Waals surface area contributed by atoms with Crippen LogP contribution < -0.4 is 5.32 Å².